The lowest BCUT2D eigenvalue weighted by Gasteiger charge is -2.17. The van der Waals surface area contributed by atoms with E-state index in [1.807, 2.05) is 13.8 Å². The van der Waals surface area contributed by atoms with Gasteiger partial charge in [0.1, 0.15) is 11.6 Å². The summed E-state index contributed by atoms with van der Waals surface area (Å²) in [5.74, 6) is 1.61. The van der Waals surface area contributed by atoms with Crippen LogP contribution in [0.25, 0.3) is 0 Å². The molecule has 18 heavy (non-hydrogen) atoms. The van der Waals surface area contributed by atoms with Crippen LogP contribution in [0.4, 0.5) is 5.82 Å². The van der Waals surface area contributed by atoms with Crippen LogP contribution in [-0.2, 0) is 0 Å². The van der Waals surface area contributed by atoms with E-state index in [0.29, 0.717) is 11.9 Å². The van der Waals surface area contributed by atoms with Crippen molar-refractivity contribution in [2.75, 3.05) is 26.0 Å². The van der Waals surface area contributed by atoms with Crippen molar-refractivity contribution in [3.63, 3.8) is 0 Å². The van der Waals surface area contributed by atoms with Crippen LogP contribution in [-0.4, -0.2) is 41.5 Å². The molecule has 0 saturated heterocycles. The summed E-state index contributed by atoms with van der Waals surface area (Å²) in [4.78, 5) is 20.8. The van der Waals surface area contributed by atoms with Gasteiger partial charge in [-0.3, -0.25) is 4.79 Å². The summed E-state index contributed by atoms with van der Waals surface area (Å²) < 4.78 is 0. The standard InChI is InChI=1S/C13H24N4O/c1-9(2)13-15-11(8-12(18)16-13)14-10(3)6-7-17(4)5/h8-10H,6-7H2,1-5H3,(H2,14,15,16,18). The summed E-state index contributed by atoms with van der Waals surface area (Å²) >= 11 is 0. The normalized spacial score (nSPS) is 13.1. The number of anilines is 1. The Hall–Kier alpha value is -1.36. The lowest BCUT2D eigenvalue weighted by molar-refractivity contribution is 0.390. The van der Waals surface area contributed by atoms with Gasteiger partial charge in [0, 0.05) is 18.0 Å². The number of H-pyrrole nitrogens is 1. The van der Waals surface area contributed by atoms with Gasteiger partial charge < -0.3 is 15.2 Å². The van der Waals surface area contributed by atoms with Crippen LogP contribution in [0.1, 0.15) is 38.9 Å². The average molecular weight is 252 g/mol. The maximum atomic E-state index is 11.5. The monoisotopic (exact) mass is 252 g/mol. The van der Waals surface area contributed by atoms with Gasteiger partial charge in [-0.25, -0.2) is 4.98 Å². The van der Waals surface area contributed by atoms with Crippen molar-refractivity contribution in [3.05, 3.63) is 22.2 Å². The van der Waals surface area contributed by atoms with Crippen LogP contribution in [0.2, 0.25) is 0 Å². The minimum Gasteiger partial charge on any atom is -0.367 e. The van der Waals surface area contributed by atoms with E-state index < -0.39 is 0 Å². The second-order valence-electron chi connectivity index (χ2n) is 5.31. The number of hydrogen-bond acceptors (Lipinski definition) is 4. The molecule has 1 unspecified atom stereocenters. The van der Waals surface area contributed by atoms with Gasteiger partial charge in [-0.1, -0.05) is 13.8 Å². The predicted molar refractivity (Wildman–Crippen MR) is 75.2 cm³/mol. The molecule has 0 aliphatic heterocycles. The summed E-state index contributed by atoms with van der Waals surface area (Å²) in [5, 5.41) is 3.28. The molecule has 1 atom stereocenters. The zero-order chi connectivity index (χ0) is 13.7. The molecule has 1 aromatic heterocycles. The SMILES string of the molecule is CC(CCN(C)C)Nc1cc(=O)[nH]c(C(C)C)n1. The van der Waals surface area contributed by atoms with Crippen molar-refractivity contribution in [2.24, 2.45) is 0 Å². The highest BCUT2D eigenvalue weighted by molar-refractivity contribution is 5.34. The highest BCUT2D eigenvalue weighted by Crippen LogP contribution is 2.10. The van der Waals surface area contributed by atoms with E-state index in [-0.39, 0.29) is 11.5 Å². The van der Waals surface area contributed by atoms with E-state index in [1.54, 1.807) is 0 Å². The van der Waals surface area contributed by atoms with Crippen LogP contribution >= 0.6 is 0 Å². The molecule has 0 fully saturated rings. The van der Waals surface area contributed by atoms with Gasteiger partial charge in [0.15, 0.2) is 0 Å². The Morgan fingerprint density at radius 2 is 2.06 bits per heavy atom. The highest BCUT2D eigenvalue weighted by Gasteiger charge is 2.08. The van der Waals surface area contributed by atoms with Crippen molar-refractivity contribution >= 4 is 5.82 Å². The fraction of sp³-hybridized carbons (Fsp3) is 0.692. The molecule has 5 nitrogen and oxygen atoms in total. The quantitative estimate of drug-likeness (QED) is 0.808. The topological polar surface area (TPSA) is 61.0 Å². The molecule has 2 N–H and O–H groups in total. The van der Waals surface area contributed by atoms with E-state index >= 15 is 0 Å². The molecular formula is C13H24N4O. The lowest BCUT2D eigenvalue weighted by Crippen LogP contribution is -2.24. The number of nitrogens with one attached hydrogen (secondary N) is 2. The highest BCUT2D eigenvalue weighted by atomic mass is 16.1. The fourth-order valence-electron chi connectivity index (χ4n) is 1.60. The summed E-state index contributed by atoms with van der Waals surface area (Å²) in [6, 6.07) is 1.81. The predicted octanol–water partition coefficient (Wildman–Crippen LogP) is 1.65. The third-order valence-electron chi connectivity index (χ3n) is 2.71. The average Bonchev–Trinajstić information content (AvgIpc) is 2.25. The first-order chi connectivity index (χ1) is 8.38. The van der Waals surface area contributed by atoms with Gasteiger partial charge in [-0.05, 0) is 34.0 Å². The minimum atomic E-state index is -0.101. The van der Waals surface area contributed by atoms with Gasteiger partial charge in [-0.2, -0.15) is 0 Å². The molecule has 1 aromatic rings. The van der Waals surface area contributed by atoms with Crippen molar-refractivity contribution in [1.29, 1.82) is 0 Å². The molecule has 0 bridgehead atoms. The first-order valence-electron chi connectivity index (χ1n) is 6.41. The Morgan fingerprint density at radius 1 is 1.39 bits per heavy atom. The van der Waals surface area contributed by atoms with Gasteiger partial charge in [0.2, 0.25) is 0 Å². The van der Waals surface area contributed by atoms with E-state index in [4.69, 9.17) is 0 Å². The van der Waals surface area contributed by atoms with Crippen molar-refractivity contribution in [2.45, 2.75) is 39.2 Å². The Labute approximate surface area is 109 Å². The zero-order valence-electron chi connectivity index (χ0n) is 11.9. The first-order valence-corrected chi connectivity index (χ1v) is 6.41. The molecule has 0 aromatic carbocycles. The third kappa shape index (κ3) is 4.87. The molecule has 5 heteroatoms. The molecule has 0 aliphatic carbocycles. The number of hydrogen-bond donors (Lipinski definition) is 2. The fourth-order valence-corrected chi connectivity index (χ4v) is 1.60. The summed E-state index contributed by atoms with van der Waals surface area (Å²) in [5.41, 5.74) is -0.101. The van der Waals surface area contributed by atoms with Crippen molar-refractivity contribution in [1.82, 2.24) is 14.9 Å². The van der Waals surface area contributed by atoms with Gasteiger partial charge in [-0.15, -0.1) is 0 Å². The van der Waals surface area contributed by atoms with E-state index in [1.165, 1.54) is 6.07 Å². The molecule has 0 aliphatic rings. The maximum Gasteiger partial charge on any atom is 0.252 e. The summed E-state index contributed by atoms with van der Waals surface area (Å²) in [6.07, 6.45) is 1.01. The second-order valence-corrected chi connectivity index (χ2v) is 5.31. The van der Waals surface area contributed by atoms with Crippen LogP contribution in [0.3, 0.4) is 0 Å². The van der Waals surface area contributed by atoms with Gasteiger partial charge in [0.25, 0.3) is 5.56 Å². The molecule has 1 heterocycles. The number of rotatable bonds is 6. The Balaban J connectivity index is 2.69. The Bertz CT molecular complexity index is 425. The van der Waals surface area contributed by atoms with Crippen molar-refractivity contribution < 1.29 is 0 Å². The minimum absolute atomic E-state index is 0.101. The smallest absolute Gasteiger partial charge is 0.252 e. The lowest BCUT2D eigenvalue weighted by atomic mass is 10.2. The van der Waals surface area contributed by atoms with Crippen LogP contribution < -0.4 is 10.9 Å². The summed E-state index contributed by atoms with van der Waals surface area (Å²) in [6.45, 7) is 7.13. The number of aromatic amines is 1. The Morgan fingerprint density at radius 3 is 2.61 bits per heavy atom. The molecule has 102 valence electrons. The van der Waals surface area contributed by atoms with Crippen molar-refractivity contribution in [3.8, 4) is 0 Å². The Kier molecular flexibility index (Phi) is 5.34. The zero-order valence-corrected chi connectivity index (χ0v) is 11.9. The first kappa shape index (κ1) is 14.7. The van der Waals surface area contributed by atoms with Crippen LogP contribution in [0, 0.1) is 0 Å². The van der Waals surface area contributed by atoms with Gasteiger partial charge >= 0.3 is 0 Å². The van der Waals surface area contributed by atoms with E-state index in [0.717, 1.165) is 18.8 Å². The number of nitrogens with zero attached hydrogens (tertiary/aromatic N) is 2. The molecule has 0 amide bonds. The second kappa shape index (κ2) is 6.54. The van der Waals surface area contributed by atoms with E-state index in [9.17, 15) is 4.79 Å². The third-order valence-corrected chi connectivity index (χ3v) is 2.71. The van der Waals surface area contributed by atoms with Gasteiger partial charge in [0.05, 0.1) is 0 Å². The molecule has 0 spiro atoms. The number of aromatic nitrogens is 2. The molecule has 0 saturated carbocycles. The molecule has 1 rings (SSSR count). The van der Waals surface area contributed by atoms with Crippen LogP contribution in [0.15, 0.2) is 10.9 Å². The maximum absolute atomic E-state index is 11.5. The molecular weight excluding hydrogens is 228 g/mol. The van der Waals surface area contributed by atoms with E-state index in [2.05, 4.69) is 41.2 Å². The molecule has 0 radical (unpaired) electrons. The van der Waals surface area contributed by atoms with Crippen LogP contribution in [0.5, 0.6) is 0 Å². The largest absolute Gasteiger partial charge is 0.367 e. The summed E-state index contributed by atoms with van der Waals surface area (Å²) in [7, 11) is 4.10.